The van der Waals surface area contributed by atoms with E-state index < -0.39 is 0 Å². The van der Waals surface area contributed by atoms with Crippen LogP contribution in [0.3, 0.4) is 0 Å². The molecule has 1 saturated carbocycles. The van der Waals surface area contributed by atoms with Crippen molar-refractivity contribution in [1.29, 1.82) is 0 Å². The van der Waals surface area contributed by atoms with Gasteiger partial charge in [0.05, 0.1) is 0 Å². The maximum absolute atomic E-state index is 12.0. The van der Waals surface area contributed by atoms with Crippen LogP contribution >= 0.6 is 12.4 Å². The van der Waals surface area contributed by atoms with E-state index in [-0.39, 0.29) is 18.3 Å². The molecule has 0 bridgehead atoms. The number of hydrogen-bond acceptors (Lipinski definition) is 2. The summed E-state index contributed by atoms with van der Waals surface area (Å²) in [5.74, 6) is 0.00900. The summed E-state index contributed by atoms with van der Waals surface area (Å²) >= 11 is 0. The highest BCUT2D eigenvalue weighted by Gasteiger charge is 2.32. The summed E-state index contributed by atoms with van der Waals surface area (Å²) in [5.41, 5.74) is 7.32. The Labute approximate surface area is 121 Å². The zero-order valence-corrected chi connectivity index (χ0v) is 12.3. The lowest BCUT2D eigenvalue weighted by Gasteiger charge is -2.27. The lowest BCUT2D eigenvalue weighted by molar-refractivity contribution is 0.0929. The number of nitrogens with one attached hydrogen (secondary N) is 1. The van der Waals surface area contributed by atoms with Gasteiger partial charge in [-0.2, -0.15) is 0 Å². The normalized spacial score (nSPS) is 16.7. The number of amides is 1. The van der Waals surface area contributed by atoms with Gasteiger partial charge in [-0.25, -0.2) is 0 Å². The number of hydrogen-bond donors (Lipinski definition) is 2. The summed E-state index contributed by atoms with van der Waals surface area (Å²) in [4.78, 5) is 12.0. The minimum absolute atomic E-state index is 0. The molecule has 1 fully saturated rings. The number of halogens is 1. The molecule has 0 aliphatic heterocycles. The number of nitrogens with two attached hydrogens (primary N) is 1. The number of carbonyl (C=O) groups is 1. The first-order chi connectivity index (χ1) is 8.65. The van der Waals surface area contributed by atoms with Gasteiger partial charge in [-0.3, -0.25) is 4.79 Å². The van der Waals surface area contributed by atoms with Gasteiger partial charge in [-0.05, 0) is 48.9 Å². The van der Waals surface area contributed by atoms with E-state index in [1.165, 1.54) is 25.7 Å². The highest BCUT2D eigenvalue weighted by molar-refractivity contribution is 5.94. The summed E-state index contributed by atoms with van der Waals surface area (Å²) in [6, 6.07) is 7.08. The molecular formula is C15H23ClN2O. The molecule has 1 aliphatic carbocycles. The van der Waals surface area contributed by atoms with Crippen LogP contribution in [0.2, 0.25) is 0 Å². The molecule has 1 amide bonds. The quantitative estimate of drug-likeness (QED) is 0.832. The minimum atomic E-state index is 0. The number of benzene rings is 1. The van der Waals surface area contributed by atoms with Crippen LogP contribution in [0.25, 0.3) is 0 Å². The van der Waals surface area contributed by atoms with Gasteiger partial charge in [0, 0.05) is 17.8 Å². The van der Waals surface area contributed by atoms with Gasteiger partial charge in [0.15, 0.2) is 0 Å². The van der Waals surface area contributed by atoms with Crippen molar-refractivity contribution < 1.29 is 4.79 Å². The summed E-state index contributed by atoms with van der Waals surface area (Å²) in [5, 5.41) is 3.07. The average molecular weight is 283 g/mol. The van der Waals surface area contributed by atoms with Crippen molar-refractivity contribution in [3.63, 3.8) is 0 Å². The van der Waals surface area contributed by atoms with Gasteiger partial charge in [0.1, 0.15) is 0 Å². The van der Waals surface area contributed by atoms with Gasteiger partial charge in [-0.1, -0.05) is 19.8 Å². The van der Waals surface area contributed by atoms with Crippen LogP contribution in [0.4, 0.5) is 5.69 Å². The van der Waals surface area contributed by atoms with E-state index in [2.05, 4.69) is 12.2 Å². The Kier molecular flexibility index (Phi) is 5.67. The van der Waals surface area contributed by atoms with Gasteiger partial charge >= 0.3 is 0 Å². The molecule has 1 aromatic rings. The molecule has 1 aromatic carbocycles. The smallest absolute Gasteiger partial charge is 0.251 e. The average Bonchev–Trinajstić information content (AvgIpc) is 2.86. The zero-order chi connectivity index (χ0) is 13.0. The van der Waals surface area contributed by atoms with Crippen molar-refractivity contribution >= 4 is 24.0 Å². The fraction of sp³-hybridized carbons (Fsp3) is 0.533. The fourth-order valence-electron chi connectivity index (χ4n) is 2.78. The van der Waals surface area contributed by atoms with Crippen LogP contribution < -0.4 is 11.1 Å². The second-order valence-corrected chi connectivity index (χ2v) is 5.37. The summed E-state index contributed by atoms with van der Waals surface area (Å²) in [6.07, 6.45) is 6.23. The van der Waals surface area contributed by atoms with Gasteiger partial charge in [0.25, 0.3) is 5.91 Å². The van der Waals surface area contributed by atoms with E-state index in [9.17, 15) is 4.79 Å². The minimum Gasteiger partial charge on any atom is -0.399 e. The Bertz CT molecular complexity index is 411. The molecule has 3 N–H and O–H groups in total. The molecule has 4 heteroatoms. The SMILES string of the molecule is CCC1(CNC(=O)c2ccc(N)cc2)CCCC1.Cl. The van der Waals surface area contributed by atoms with E-state index in [0.29, 0.717) is 16.7 Å². The summed E-state index contributed by atoms with van der Waals surface area (Å²) in [7, 11) is 0. The lowest BCUT2D eigenvalue weighted by atomic mass is 9.83. The summed E-state index contributed by atoms with van der Waals surface area (Å²) in [6.45, 7) is 3.02. The zero-order valence-electron chi connectivity index (χ0n) is 11.4. The maximum atomic E-state index is 12.0. The predicted octanol–water partition coefficient (Wildman–Crippen LogP) is 3.39. The van der Waals surface area contributed by atoms with Gasteiger partial charge in [0.2, 0.25) is 0 Å². The van der Waals surface area contributed by atoms with Crippen molar-refractivity contribution in [3.05, 3.63) is 29.8 Å². The van der Waals surface area contributed by atoms with Gasteiger partial charge < -0.3 is 11.1 Å². The third kappa shape index (κ3) is 3.87. The largest absolute Gasteiger partial charge is 0.399 e. The second-order valence-electron chi connectivity index (χ2n) is 5.37. The Morgan fingerprint density at radius 3 is 2.37 bits per heavy atom. The van der Waals surface area contributed by atoms with Crippen LogP contribution in [-0.2, 0) is 0 Å². The monoisotopic (exact) mass is 282 g/mol. The van der Waals surface area contributed by atoms with Gasteiger partial charge in [-0.15, -0.1) is 12.4 Å². The van der Waals surface area contributed by atoms with Crippen molar-refractivity contribution in [1.82, 2.24) is 5.32 Å². The van der Waals surface area contributed by atoms with Crippen molar-refractivity contribution in [2.45, 2.75) is 39.0 Å². The van der Waals surface area contributed by atoms with E-state index in [1.54, 1.807) is 24.3 Å². The van der Waals surface area contributed by atoms with E-state index in [1.807, 2.05) is 0 Å². The molecule has 0 unspecified atom stereocenters. The van der Waals surface area contributed by atoms with Crippen LogP contribution in [-0.4, -0.2) is 12.5 Å². The molecule has 2 rings (SSSR count). The molecular weight excluding hydrogens is 260 g/mol. The lowest BCUT2D eigenvalue weighted by Crippen LogP contribution is -2.35. The van der Waals surface area contributed by atoms with Crippen molar-refractivity contribution in [2.75, 3.05) is 12.3 Å². The molecule has 1 aliphatic rings. The highest BCUT2D eigenvalue weighted by atomic mass is 35.5. The first-order valence-corrected chi connectivity index (χ1v) is 6.79. The maximum Gasteiger partial charge on any atom is 0.251 e. The molecule has 0 radical (unpaired) electrons. The molecule has 0 aromatic heterocycles. The Morgan fingerprint density at radius 1 is 1.26 bits per heavy atom. The first kappa shape index (κ1) is 15.8. The standard InChI is InChI=1S/C15H22N2O.ClH/c1-2-15(9-3-4-10-15)11-17-14(18)12-5-7-13(16)8-6-12;/h5-8H,2-4,9-11,16H2,1H3,(H,17,18);1H. The molecule has 106 valence electrons. The first-order valence-electron chi connectivity index (χ1n) is 6.79. The number of anilines is 1. The van der Waals surface area contributed by atoms with Crippen LogP contribution in [0.1, 0.15) is 49.4 Å². The summed E-state index contributed by atoms with van der Waals surface area (Å²) < 4.78 is 0. The fourth-order valence-corrected chi connectivity index (χ4v) is 2.78. The molecule has 0 heterocycles. The van der Waals surface area contributed by atoms with Crippen molar-refractivity contribution in [2.24, 2.45) is 5.41 Å². The second kappa shape index (κ2) is 6.80. The molecule has 3 nitrogen and oxygen atoms in total. The van der Waals surface area contributed by atoms with E-state index >= 15 is 0 Å². The number of rotatable bonds is 4. The highest BCUT2D eigenvalue weighted by Crippen LogP contribution is 2.40. The van der Waals surface area contributed by atoms with E-state index in [0.717, 1.165) is 13.0 Å². The third-order valence-electron chi connectivity index (χ3n) is 4.21. The van der Waals surface area contributed by atoms with E-state index in [4.69, 9.17) is 5.73 Å². The van der Waals surface area contributed by atoms with Crippen LogP contribution in [0.15, 0.2) is 24.3 Å². The molecule has 0 saturated heterocycles. The predicted molar refractivity (Wildman–Crippen MR) is 81.6 cm³/mol. The Balaban J connectivity index is 0.00000180. The number of nitrogen functional groups attached to an aromatic ring is 1. The molecule has 0 atom stereocenters. The molecule has 19 heavy (non-hydrogen) atoms. The van der Waals surface area contributed by atoms with Crippen LogP contribution in [0.5, 0.6) is 0 Å². The number of carbonyl (C=O) groups excluding carboxylic acids is 1. The topological polar surface area (TPSA) is 55.1 Å². The Hall–Kier alpha value is -1.22. The Morgan fingerprint density at radius 2 is 1.84 bits per heavy atom. The van der Waals surface area contributed by atoms with Crippen molar-refractivity contribution in [3.8, 4) is 0 Å². The molecule has 0 spiro atoms. The third-order valence-corrected chi connectivity index (χ3v) is 4.21. The van der Waals surface area contributed by atoms with Crippen LogP contribution in [0, 0.1) is 5.41 Å².